The van der Waals surface area contributed by atoms with Crippen molar-refractivity contribution in [2.24, 2.45) is 5.73 Å². The quantitative estimate of drug-likeness (QED) is 0.794. The van der Waals surface area contributed by atoms with Gasteiger partial charge in [0.2, 0.25) is 0 Å². The van der Waals surface area contributed by atoms with Crippen molar-refractivity contribution in [3.63, 3.8) is 0 Å². The zero-order chi connectivity index (χ0) is 11.7. The Kier molecular flexibility index (Phi) is 4.65. The van der Waals surface area contributed by atoms with E-state index in [-0.39, 0.29) is 24.3 Å². The third-order valence-electron chi connectivity index (χ3n) is 2.59. The Morgan fingerprint density at radius 2 is 2.35 bits per heavy atom. The lowest BCUT2D eigenvalue weighted by Crippen LogP contribution is -2.31. The maximum absolute atomic E-state index is 10.5. The predicted molar refractivity (Wildman–Crippen MR) is 66.8 cm³/mol. The number of pyridine rings is 1. The Labute approximate surface area is 106 Å². The highest BCUT2D eigenvalue weighted by atomic mass is 35.5. The van der Waals surface area contributed by atoms with Crippen molar-refractivity contribution >= 4 is 26.5 Å². The van der Waals surface area contributed by atoms with Crippen molar-refractivity contribution in [3.05, 3.63) is 17.7 Å². The number of hydrogen-bond donors (Lipinski definition) is 2. The summed E-state index contributed by atoms with van der Waals surface area (Å²) in [6, 6.07) is 3.31. The van der Waals surface area contributed by atoms with Gasteiger partial charge in [0.05, 0.1) is 0 Å². The van der Waals surface area contributed by atoms with E-state index in [1.807, 2.05) is 11.9 Å². The summed E-state index contributed by atoms with van der Waals surface area (Å²) in [6.07, 6.45) is 0.875. The molecule has 0 bridgehead atoms. The molecule has 1 aliphatic heterocycles. The van der Waals surface area contributed by atoms with Crippen molar-refractivity contribution in [2.75, 3.05) is 18.5 Å². The van der Waals surface area contributed by atoms with E-state index in [1.54, 1.807) is 12.1 Å². The molecule has 6 nitrogen and oxygen atoms in total. The van der Waals surface area contributed by atoms with Crippen LogP contribution in [0.3, 0.4) is 0 Å². The van der Waals surface area contributed by atoms with Gasteiger partial charge in [-0.15, -0.1) is 17.3 Å². The van der Waals surface area contributed by atoms with E-state index < -0.39 is 8.25 Å². The molecule has 2 unspecified atom stereocenters. The summed E-state index contributed by atoms with van der Waals surface area (Å²) in [7, 11) is -0.774. The van der Waals surface area contributed by atoms with Gasteiger partial charge in [-0.2, -0.15) is 4.98 Å². The van der Waals surface area contributed by atoms with E-state index in [9.17, 15) is 4.57 Å². The number of hydrogen-bond acceptors (Lipinski definition) is 5. The molecule has 17 heavy (non-hydrogen) atoms. The van der Waals surface area contributed by atoms with Gasteiger partial charge in [-0.25, -0.2) is 4.52 Å². The third kappa shape index (κ3) is 3.04. The van der Waals surface area contributed by atoms with E-state index in [0.717, 1.165) is 18.5 Å². The van der Waals surface area contributed by atoms with E-state index in [0.29, 0.717) is 5.82 Å². The van der Waals surface area contributed by atoms with Crippen LogP contribution in [0.4, 0.5) is 5.82 Å². The smallest absolute Gasteiger partial charge is 0.359 e. The van der Waals surface area contributed by atoms with Crippen molar-refractivity contribution in [3.8, 4) is 5.88 Å². The van der Waals surface area contributed by atoms with Crippen molar-refractivity contribution in [1.82, 2.24) is 4.98 Å². The zero-order valence-electron chi connectivity index (χ0n) is 9.24. The van der Waals surface area contributed by atoms with Gasteiger partial charge < -0.3 is 10.6 Å². The zero-order valence-corrected chi connectivity index (χ0v) is 10.9. The van der Waals surface area contributed by atoms with Crippen molar-refractivity contribution in [1.29, 1.82) is 0 Å². The lowest BCUT2D eigenvalue weighted by molar-refractivity contribution is 0.403. The Balaban J connectivity index is 0.00000144. The minimum Gasteiger partial charge on any atom is -0.359 e. The molecule has 1 aromatic heterocycles. The average molecular weight is 279 g/mol. The first-order valence-electron chi connectivity index (χ1n) is 4.89. The number of nitrogens with zero attached hydrogens (tertiary/aromatic N) is 2. The largest absolute Gasteiger partial charge is 0.749 e. The van der Waals surface area contributed by atoms with Gasteiger partial charge in [-0.05, 0) is 12.5 Å². The van der Waals surface area contributed by atoms with Crippen molar-refractivity contribution in [2.45, 2.75) is 12.5 Å². The van der Waals surface area contributed by atoms with Gasteiger partial charge in [0.25, 0.3) is 5.88 Å². The third-order valence-corrected chi connectivity index (χ3v) is 2.93. The summed E-state index contributed by atoms with van der Waals surface area (Å²) in [5, 5.41) is 0. The van der Waals surface area contributed by atoms with Crippen LogP contribution in [-0.2, 0) is 4.57 Å². The Morgan fingerprint density at radius 3 is 3.00 bits per heavy atom. The molecule has 1 aromatic rings. The molecule has 0 amide bonds. The van der Waals surface area contributed by atoms with Crippen molar-refractivity contribution < 1.29 is 14.0 Å². The Hall–Kier alpha value is -0.940. The number of anilines is 1. The highest BCUT2D eigenvalue weighted by Gasteiger charge is 2.24. The number of nitrogens with two attached hydrogens (primary N) is 1. The molecule has 2 heterocycles. The average Bonchev–Trinajstić information content (AvgIpc) is 2.23. The number of halogens is 1. The molecular weight excluding hydrogens is 265 g/mol. The number of fused-ring (bicyclic) bond motifs is 1. The number of rotatable bonds is 2. The predicted octanol–water partition coefficient (Wildman–Crippen LogP) is 1.37. The SMILES string of the molecule is CN1CCC(N)c2ccc(O[P+](=O)O)nc21.Cl. The van der Waals surface area contributed by atoms with Crippen LogP contribution in [0.1, 0.15) is 18.0 Å². The summed E-state index contributed by atoms with van der Waals surface area (Å²) >= 11 is 0. The monoisotopic (exact) mass is 278 g/mol. The minimum atomic E-state index is -2.68. The molecule has 0 spiro atoms. The standard InChI is InChI=1S/C9H12N3O3P.ClH/c1-12-5-4-7(10)6-2-3-8(11-9(6)12)15-16(13)14;/h2-3,7H,4-5,10H2,1H3;1H/p+1. The fraction of sp³-hybridized carbons (Fsp3) is 0.444. The minimum absolute atomic E-state index is 0. The Bertz CT molecular complexity index is 432. The van der Waals surface area contributed by atoms with Gasteiger partial charge in [0.15, 0.2) is 0 Å². The highest BCUT2D eigenvalue weighted by molar-refractivity contribution is 7.32. The molecule has 1 aliphatic rings. The van der Waals surface area contributed by atoms with Crippen LogP contribution >= 0.6 is 20.7 Å². The molecule has 94 valence electrons. The van der Waals surface area contributed by atoms with Gasteiger partial charge >= 0.3 is 8.25 Å². The van der Waals surface area contributed by atoms with Gasteiger partial charge in [-0.3, -0.25) is 0 Å². The fourth-order valence-corrected chi connectivity index (χ4v) is 2.02. The molecule has 2 atom stereocenters. The van der Waals surface area contributed by atoms with Gasteiger partial charge in [0.1, 0.15) is 5.82 Å². The van der Waals surface area contributed by atoms with Crippen LogP contribution in [0.5, 0.6) is 5.88 Å². The first kappa shape index (κ1) is 14.1. The Morgan fingerprint density at radius 1 is 1.65 bits per heavy atom. The first-order valence-corrected chi connectivity index (χ1v) is 6.02. The molecule has 8 heteroatoms. The normalized spacial score (nSPS) is 19.1. The summed E-state index contributed by atoms with van der Waals surface area (Å²) < 4.78 is 15.2. The molecular formula is C9H14ClN3O3P+. The van der Waals surface area contributed by atoms with Crippen LogP contribution in [0.25, 0.3) is 0 Å². The maximum Gasteiger partial charge on any atom is 0.749 e. The van der Waals surface area contributed by atoms with Crippen LogP contribution in [0.15, 0.2) is 12.1 Å². The summed E-state index contributed by atoms with van der Waals surface area (Å²) in [4.78, 5) is 14.8. The first-order chi connectivity index (χ1) is 7.58. The molecule has 2 rings (SSSR count). The van der Waals surface area contributed by atoms with E-state index in [1.165, 1.54) is 0 Å². The maximum atomic E-state index is 10.5. The number of aromatic nitrogens is 1. The molecule has 0 fully saturated rings. The molecule has 0 saturated heterocycles. The molecule has 0 saturated carbocycles. The summed E-state index contributed by atoms with van der Waals surface area (Å²) in [6.45, 7) is 0.815. The van der Waals surface area contributed by atoms with Gasteiger partial charge in [-0.1, -0.05) is 0 Å². The van der Waals surface area contributed by atoms with Crippen LogP contribution in [-0.4, -0.2) is 23.5 Å². The molecule has 0 radical (unpaired) electrons. The van der Waals surface area contributed by atoms with Crippen LogP contribution in [0, 0.1) is 0 Å². The summed E-state index contributed by atoms with van der Waals surface area (Å²) in [5.74, 6) is 0.858. The molecule has 3 N–H and O–H groups in total. The lowest BCUT2D eigenvalue weighted by Gasteiger charge is -2.29. The van der Waals surface area contributed by atoms with Crippen LogP contribution < -0.4 is 15.2 Å². The van der Waals surface area contributed by atoms with E-state index in [4.69, 9.17) is 10.6 Å². The molecule has 0 aromatic carbocycles. The van der Waals surface area contributed by atoms with Crippen LogP contribution in [0.2, 0.25) is 0 Å². The topological polar surface area (TPSA) is 88.7 Å². The van der Waals surface area contributed by atoms with E-state index >= 15 is 0 Å². The van der Waals surface area contributed by atoms with Gasteiger partial charge in [0, 0.05) is 35.8 Å². The lowest BCUT2D eigenvalue weighted by atomic mass is 10.0. The fourth-order valence-electron chi connectivity index (χ4n) is 1.76. The highest BCUT2D eigenvalue weighted by Crippen LogP contribution is 2.32. The second-order valence-corrected chi connectivity index (χ2v) is 4.37. The summed E-state index contributed by atoms with van der Waals surface area (Å²) in [5.41, 5.74) is 6.88. The molecule has 0 aliphatic carbocycles. The second-order valence-electron chi connectivity index (χ2n) is 3.71. The van der Waals surface area contributed by atoms with E-state index in [2.05, 4.69) is 9.51 Å². The second kappa shape index (κ2) is 5.60.